The van der Waals surface area contributed by atoms with E-state index in [1.54, 1.807) is 11.1 Å². The quantitative estimate of drug-likeness (QED) is 0.643. The van der Waals surface area contributed by atoms with E-state index in [-0.39, 0.29) is 22.8 Å². The maximum atomic E-state index is 13.5. The lowest BCUT2D eigenvalue weighted by molar-refractivity contribution is -0.223. The Morgan fingerprint density at radius 1 is 1.23 bits per heavy atom. The minimum Gasteiger partial charge on any atom is -0.272 e. The first kappa shape index (κ1) is 18.3. The molecule has 2 aromatic carbocycles. The summed E-state index contributed by atoms with van der Waals surface area (Å²) in [4.78, 5) is 13.5. The number of amides is 1. The van der Waals surface area contributed by atoms with Crippen LogP contribution in [0.3, 0.4) is 0 Å². The summed E-state index contributed by atoms with van der Waals surface area (Å²) < 4.78 is 2.11. The van der Waals surface area contributed by atoms with E-state index in [0.717, 1.165) is 31.4 Å². The van der Waals surface area contributed by atoms with Crippen molar-refractivity contribution in [1.29, 1.82) is 5.26 Å². The molecule has 31 heavy (non-hydrogen) atoms. The molecular formula is C25H23N5O. The summed E-state index contributed by atoms with van der Waals surface area (Å²) in [5.41, 5.74) is 3.91. The summed E-state index contributed by atoms with van der Waals surface area (Å²) in [6.45, 7) is 2.98. The third-order valence-electron chi connectivity index (χ3n) is 7.42. The highest BCUT2D eigenvalue weighted by atomic mass is 16.2. The molecule has 1 atom stereocenters. The summed E-state index contributed by atoms with van der Waals surface area (Å²) >= 11 is 0. The smallest absolute Gasteiger partial charge is 0.249 e. The predicted octanol–water partition coefficient (Wildman–Crippen LogP) is 4.35. The van der Waals surface area contributed by atoms with Crippen LogP contribution >= 0.6 is 0 Å². The highest BCUT2D eigenvalue weighted by Crippen LogP contribution is 2.74. The topological polar surface area (TPSA) is 74.3 Å². The zero-order chi connectivity index (χ0) is 21.2. The number of hydrazone groups is 1. The number of aryl methyl sites for hydroxylation is 1. The number of hydrogen-bond donors (Lipinski definition) is 0. The van der Waals surface area contributed by atoms with Crippen molar-refractivity contribution in [2.45, 2.75) is 45.2 Å². The second-order valence-electron chi connectivity index (χ2n) is 9.56. The monoisotopic (exact) mass is 409 g/mol. The molecule has 154 valence electrons. The van der Waals surface area contributed by atoms with Gasteiger partial charge in [-0.2, -0.15) is 15.5 Å². The van der Waals surface area contributed by atoms with Gasteiger partial charge < -0.3 is 0 Å². The number of carbonyl (C=O) groups is 1. The lowest BCUT2D eigenvalue weighted by Crippen LogP contribution is -2.68. The second kappa shape index (κ2) is 6.27. The molecule has 6 nitrogen and oxygen atoms in total. The lowest BCUT2D eigenvalue weighted by Gasteiger charge is -2.69. The average Bonchev–Trinajstić information content (AvgIpc) is 3.37. The lowest BCUT2D eigenvalue weighted by atomic mass is 9.34. The Morgan fingerprint density at radius 2 is 2.03 bits per heavy atom. The molecule has 1 aliphatic heterocycles. The van der Waals surface area contributed by atoms with E-state index in [4.69, 9.17) is 0 Å². The van der Waals surface area contributed by atoms with Crippen molar-refractivity contribution in [3.63, 3.8) is 0 Å². The molecule has 1 unspecified atom stereocenters. The Kier molecular flexibility index (Phi) is 3.71. The summed E-state index contributed by atoms with van der Waals surface area (Å²) in [7, 11) is 0. The van der Waals surface area contributed by atoms with Gasteiger partial charge >= 0.3 is 0 Å². The van der Waals surface area contributed by atoms with Gasteiger partial charge in [-0.3, -0.25) is 9.48 Å². The average molecular weight is 409 g/mol. The van der Waals surface area contributed by atoms with Crippen LogP contribution in [0.15, 0.2) is 53.8 Å². The molecule has 2 bridgehead atoms. The van der Waals surface area contributed by atoms with Gasteiger partial charge in [0.25, 0.3) is 0 Å². The minimum atomic E-state index is -0.272. The molecule has 1 amide bonds. The van der Waals surface area contributed by atoms with Crippen molar-refractivity contribution in [3.8, 4) is 6.07 Å². The number of aromatic nitrogens is 2. The highest BCUT2D eigenvalue weighted by molar-refractivity contribution is 5.88. The van der Waals surface area contributed by atoms with Crippen LogP contribution in [-0.2, 0) is 11.3 Å². The molecule has 7 rings (SSSR count). The zero-order valence-electron chi connectivity index (χ0n) is 17.5. The van der Waals surface area contributed by atoms with Crippen molar-refractivity contribution in [1.82, 2.24) is 14.8 Å². The third-order valence-corrected chi connectivity index (χ3v) is 7.42. The van der Waals surface area contributed by atoms with E-state index in [0.29, 0.717) is 12.0 Å². The van der Waals surface area contributed by atoms with Crippen LogP contribution < -0.4 is 0 Å². The molecule has 6 heteroatoms. The van der Waals surface area contributed by atoms with E-state index in [2.05, 4.69) is 46.1 Å². The Labute approximate surface area is 180 Å². The molecular weight excluding hydrogens is 386 g/mol. The maximum Gasteiger partial charge on any atom is 0.249 e. The Balaban J connectivity index is 1.18. The SMILES string of the molecule is Cc1cccc2c1cnn2CC12CC(C(=O)N3N=CCC3c3cccc(C#N)c3)(C1)C2. The number of carbonyl (C=O) groups excluding carboxylic acids is 1. The van der Waals surface area contributed by atoms with E-state index in [1.807, 2.05) is 30.6 Å². The van der Waals surface area contributed by atoms with Crippen LogP contribution in [0.25, 0.3) is 10.9 Å². The van der Waals surface area contributed by atoms with E-state index < -0.39 is 0 Å². The zero-order valence-corrected chi connectivity index (χ0v) is 17.5. The van der Waals surface area contributed by atoms with Crippen molar-refractivity contribution < 1.29 is 4.79 Å². The molecule has 3 aromatic rings. The number of rotatable bonds is 4. The van der Waals surface area contributed by atoms with Gasteiger partial charge in [0.2, 0.25) is 5.91 Å². The minimum absolute atomic E-state index is 0.108. The standard InChI is InChI=1S/C25H23N5O/c1-17-4-2-7-22-20(17)12-28-29(22)16-24-13-25(14-24,15-24)23(31)30-21(8-9-27-30)19-6-3-5-18(10-19)11-26/h2-7,9-10,12,21H,8,13-16H2,1H3. The van der Waals surface area contributed by atoms with Crippen LogP contribution in [0.1, 0.15) is 48.4 Å². The summed E-state index contributed by atoms with van der Waals surface area (Å²) in [5, 5.41) is 21.1. The Morgan fingerprint density at radius 3 is 2.84 bits per heavy atom. The van der Waals surface area contributed by atoms with Crippen LogP contribution in [0.5, 0.6) is 0 Å². The molecule has 2 heterocycles. The van der Waals surface area contributed by atoms with Crippen LogP contribution in [0, 0.1) is 29.1 Å². The van der Waals surface area contributed by atoms with Gasteiger partial charge in [-0.1, -0.05) is 24.3 Å². The largest absolute Gasteiger partial charge is 0.272 e. The first-order valence-electron chi connectivity index (χ1n) is 10.8. The summed E-state index contributed by atoms with van der Waals surface area (Å²) in [5.74, 6) is 0.136. The second-order valence-corrected chi connectivity index (χ2v) is 9.56. The van der Waals surface area contributed by atoms with Crippen LogP contribution in [-0.4, -0.2) is 26.9 Å². The summed E-state index contributed by atoms with van der Waals surface area (Å²) in [6, 6.07) is 15.9. The normalized spacial score (nSPS) is 28.3. The number of hydrogen-bond acceptors (Lipinski definition) is 4. The molecule has 0 radical (unpaired) electrons. The third kappa shape index (κ3) is 2.59. The van der Waals surface area contributed by atoms with Gasteiger partial charge in [0.1, 0.15) is 0 Å². The van der Waals surface area contributed by atoms with Crippen molar-refractivity contribution in [2.75, 3.05) is 0 Å². The predicted molar refractivity (Wildman–Crippen MR) is 117 cm³/mol. The fraction of sp³-hybridized carbons (Fsp3) is 0.360. The molecule has 0 spiro atoms. The van der Waals surface area contributed by atoms with Gasteiger partial charge in [0.15, 0.2) is 0 Å². The van der Waals surface area contributed by atoms with Gasteiger partial charge in [-0.25, -0.2) is 5.01 Å². The van der Waals surface area contributed by atoms with Crippen molar-refractivity contribution >= 4 is 23.0 Å². The van der Waals surface area contributed by atoms with Crippen LogP contribution in [0.4, 0.5) is 0 Å². The molecule has 3 saturated carbocycles. The molecule has 3 aliphatic carbocycles. The van der Waals surface area contributed by atoms with Crippen molar-refractivity contribution in [3.05, 3.63) is 65.4 Å². The van der Waals surface area contributed by atoms with Gasteiger partial charge in [0.05, 0.1) is 34.8 Å². The Bertz CT molecular complexity index is 1280. The number of fused-ring (bicyclic) bond motifs is 1. The fourth-order valence-electron chi connectivity index (χ4n) is 6.03. The first-order chi connectivity index (χ1) is 15.0. The molecule has 1 aromatic heterocycles. The highest BCUT2D eigenvalue weighted by Gasteiger charge is 2.72. The van der Waals surface area contributed by atoms with Gasteiger partial charge in [0, 0.05) is 24.6 Å². The Hall–Kier alpha value is -3.46. The van der Waals surface area contributed by atoms with E-state index >= 15 is 0 Å². The summed E-state index contributed by atoms with van der Waals surface area (Å²) in [6.07, 6.45) is 7.19. The van der Waals surface area contributed by atoms with E-state index in [1.165, 1.54) is 16.5 Å². The maximum absolute atomic E-state index is 13.5. The van der Waals surface area contributed by atoms with Gasteiger partial charge in [-0.05, 0) is 60.9 Å². The molecule has 0 N–H and O–H groups in total. The van der Waals surface area contributed by atoms with Gasteiger partial charge in [-0.15, -0.1) is 0 Å². The first-order valence-corrected chi connectivity index (χ1v) is 10.8. The van der Waals surface area contributed by atoms with E-state index in [9.17, 15) is 10.1 Å². The van der Waals surface area contributed by atoms with Crippen LogP contribution in [0.2, 0.25) is 0 Å². The molecule has 3 fully saturated rings. The molecule has 4 aliphatic rings. The fourth-order valence-corrected chi connectivity index (χ4v) is 6.03. The van der Waals surface area contributed by atoms with Crippen molar-refractivity contribution in [2.24, 2.45) is 15.9 Å². The number of benzene rings is 2. The molecule has 0 saturated heterocycles. The number of nitrogens with zero attached hydrogens (tertiary/aromatic N) is 5. The number of nitriles is 1.